The van der Waals surface area contributed by atoms with Crippen molar-refractivity contribution in [2.75, 3.05) is 16.7 Å². The fourth-order valence-corrected chi connectivity index (χ4v) is 5.19. The number of rotatable bonds is 5. The van der Waals surface area contributed by atoms with Crippen LogP contribution in [0.4, 0.5) is 5.69 Å². The number of anilines is 1. The van der Waals surface area contributed by atoms with Gasteiger partial charge in [-0.25, -0.2) is 4.79 Å². The van der Waals surface area contributed by atoms with Gasteiger partial charge in [0.1, 0.15) is 6.10 Å². The first-order valence-corrected chi connectivity index (χ1v) is 9.92. The standard InChI is InChI=1S/C19H19Cl2NO4/c20-8-14(9-21)26-19(25)10-3-5-13(6-4-10)22-17(23)15-11-1-2-12(7-11)16(15)18(22)24/h3-6,11-12,14-16H,1-2,7-9H2/t11-,12-,15+,16+/m0/s1. The van der Waals surface area contributed by atoms with Crippen LogP contribution in [0.15, 0.2) is 24.3 Å². The van der Waals surface area contributed by atoms with Crippen molar-refractivity contribution in [2.24, 2.45) is 23.7 Å². The summed E-state index contributed by atoms with van der Waals surface area (Å²) in [6.07, 6.45) is 2.55. The van der Waals surface area contributed by atoms with Crippen molar-refractivity contribution in [3.05, 3.63) is 29.8 Å². The molecule has 138 valence electrons. The highest BCUT2D eigenvalue weighted by Gasteiger charge is 2.61. The van der Waals surface area contributed by atoms with E-state index in [4.69, 9.17) is 27.9 Å². The van der Waals surface area contributed by atoms with Gasteiger partial charge in [0.05, 0.1) is 34.8 Å². The normalized spacial score (nSPS) is 29.6. The molecule has 4 atom stereocenters. The number of nitrogens with zero attached hydrogens (tertiary/aromatic N) is 1. The molecular formula is C19H19Cl2NO4. The molecule has 4 rings (SSSR count). The first-order chi connectivity index (χ1) is 12.5. The second kappa shape index (κ2) is 6.86. The number of alkyl halides is 2. The first kappa shape index (κ1) is 17.8. The SMILES string of the molecule is O=C(OC(CCl)CCl)c1ccc(N2C(=O)[C@@H]3[C@H]4CC[C@@H](C4)[C@H]3C2=O)cc1. The molecule has 2 amide bonds. The Balaban J connectivity index is 1.52. The predicted octanol–water partition coefficient (Wildman–Crippen LogP) is 3.23. The minimum absolute atomic E-state index is 0.0909. The monoisotopic (exact) mass is 395 g/mol. The third-order valence-electron chi connectivity index (χ3n) is 5.91. The van der Waals surface area contributed by atoms with Crippen LogP contribution in [-0.2, 0) is 14.3 Å². The lowest BCUT2D eigenvalue weighted by atomic mass is 9.81. The number of amides is 2. The zero-order valence-corrected chi connectivity index (χ0v) is 15.6. The molecule has 2 aliphatic carbocycles. The topological polar surface area (TPSA) is 63.7 Å². The molecule has 3 aliphatic rings. The maximum Gasteiger partial charge on any atom is 0.338 e. The summed E-state index contributed by atoms with van der Waals surface area (Å²) in [5, 5.41) is 0. The van der Waals surface area contributed by atoms with Gasteiger partial charge in [0.15, 0.2) is 0 Å². The second-order valence-electron chi connectivity index (χ2n) is 7.28. The van der Waals surface area contributed by atoms with Gasteiger partial charge in [-0.2, -0.15) is 0 Å². The number of benzene rings is 1. The van der Waals surface area contributed by atoms with E-state index in [-0.39, 0.29) is 35.4 Å². The molecule has 1 saturated heterocycles. The van der Waals surface area contributed by atoms with Gasteiger partial charge in [-0.3, -0.25) is 14.5 Å². The third-order valence-corrected chi connectivity index (χ3v) is 6.59. The Morgan fingerprint density at radius 2 is 1.58 bits per heavy atom. The number of carbonyl (C=O) groups excluding carboxylic acids is 3. The number of ether oxygens (including phenoxy) is 1. The van der Waals surface area contributed by atoms with Crippen molar-refractivity contribution in [3.8, 4) is 0 Å². The Hall–Kier alpha value is -1.59. The van der Waals surface area contributed by atoms with Crippen LogP contribution in [-0.4, -0.2) is 35.6 Å². The summed E-state index contributed by atoms with van der Waals surface area (Å²) in [7, 11) is 0. The van der Waals surface area contributed by atoms with Crippen LogP contribution in [0.5, 0.6) is 0 Å². The van der Waals surface area contributed by atoms with E-state index in [9.17, 15) is 14.4 Å². The Morgan fingerprint density at radius 3 is 2.08 bits per heavy atom. The van der Waals surface area contributed by atoms with Crippen molar-refractivity contribution in [2.45, 2.75) is 25.4 Å². The van der Waals surface area contributed by atoms with E-state index in [2.05, 4.69) is 0 Å². The van der Waals surface area contributed by atoms with E-state index in [1.165, 1.54) is 4.90 Å². The number of hydrogen-bond donors (Lipinski definition) is 0. The van der Waals surface area contributed by atoms with E-state index in [1.807, 2.05) is 0 Å². The summed E-state index contributed by atoms with van der Waals surface area (Å²) in [6.45, 7) is 0. The molecule has 0 radical (unpaired) electrons. The highest BCUT2D eigenvalue weighted by molar-refractivity contribution is 6.23. The zero-order chi connectivity index (χ0) is 18.4. The van der Waals surface area contributed by atoms with Gasteiger partial charge >= 0.3 is 5.97 Å². The van der Waals surface area contributed by atoms with Crippen LogP contribution in [0.2, 0.25) is 0 Å². The number of imide groups is 1. The van der Waals surface area contributed by atoms with Crippen LogP contribution in [0.1, 0.15) is 29.6 Å². The molecule has 0 N–H and O–H groups in total. The summed E-state index contributed by atoms with van der Waals surface area (Å²) in [4.78, 5) is 39.0. The smallest absolute Gasteiger partial charge is 0.338 e. The largest absolute Gasteiger partial charge is 0.456 e. The lowest BCUT2D eigenvalue weighted by molar-refractivity contribution is -0.123. The lowest BCUT2D eigenvalue weighted by Crippen LogP contribution is -2.32. The minimum atomic E-state index is -0.554. The highest BCUT2D eigenvalue weighted by atomic mass is 35.5. The van der Waals surface area contributed by atoms with E-state index in [1.54, 1.807) is 24.3 Å². The average Bonchev–Trinajstić information content (AvgIpc) is 3.33. The quantitative estimate of drug-likeness (QED) is 0.436. The fourth-order valence-electron chi connectivity index (χ4n) is 4.73. The molecular weight excluding hydrogens is 377 g/mol. The summed E-state index contributed by atoms with van der Waals surface area (Å²) < 4.78 is 5.19. The minimum Gasteiger partial charge on any atom is -0.456 e. The Labute approximate surface area is 161 Å². The van der Waals surface area contributed by atoms with Gasteiger partial charge in [-0.15, -0.1) is 23.2 Å². The van der Waals surface area contributed by atoms with Crippen molar-refractivity contribution in [1.82, 2.24) is 0 Å². The molecule has 26 heavy (non-hydrogen) atoms. The number of fused-ring (bicyclic) bond motifs is 5. The molecule has 7 heteroatoms. The summed E-state index contributed by atoms with van der Waals surface area (Å²) >= 11 is 11.3. The molecule has 2 saturated carbocycles. The van der Waals surface area contributed by atoms with E-state index >= 15 is 0 Å². The van der Waals surface area contributed by atoms with E-state index in [0.717, 1.165) is 19.3 Å². The maximum absolute atomic E-state index is 12.8. The zero-order valence-electron chi connectivity index (χ0n) is 14.1. The van der Waals surface area contributed by atoms with E-state index < -0.39 is 12.1 Å². The Morgan fingerprint density at radius 1 is 1.04 bits per heavy atom. The highest BCUT2D eigenvalue weighted by Crippen LogP contribution is 2.56. The second-order valence-corrected chi connectivity index (χ2v) is 7.90. The van der Waals surface area contributed by atoms with Gasteiger partial charge in [-0.05, 0) is 55.4 Å². The van der Waals surface area contributed by atoms with Gasteiger partial charge in [-0.1, -0.05) is 0 Å². The molecule has 0 spiro atoms. The van der Waals surface area contributed by atoms with Gasteiger partial charge in [0, 0.05) is 0 Å². The number of halogens is 2. The molecule has 1 aromatic carbocycles. The summed E-state index contributed by atoms with van der Waals surface area (Å²) in [5.74, 6) is -0.0778. The first-order valence-electron chi connectivity index (χ1n) is 8.86. The number of hydrogen-bond acceptors (Lipinski definition) is 4. The lowest BCUT2D eigenvalue weighted by Gasteiger charge is -2.19. The summed E-state index contributed by atoms with van der Waals surface area (Å²) in [5.41, 5.74) is 0.838. The molecule has 0 aromatic heterocycles. The number of esters is 1. The van der Waals surface area contributed by atoms with Crippen LogP contribution in [0.3, 0.4) is 0 Å². The molecule has 1 heterocycles. The average molecular weight is 396 g/mol. The fraction of sp³-hybridized carbons (Fsp3) is 0.526. The molecule has 1 aliphatic heterocycles. The Bertz CT molecular complexity index is 718. The molecule has 2 bridgehead atoms. The van der Waals surface area contributed by atoms with Crippen molar-refractivity contribution in [1.29, 1.82) is 0 Å². The van der Waals surface area contributed by atoms with Crippen molar-refractivity contribution >= 4 is 46.7 Å². The van der Waals surface area contributed by atoms with E-state index in [0.29, 0.717) is 23.1 Å². The predicted molar refractivity (Wildman–Crippen MR) is 97.4 cm³/mol. The molecule has 5 nitrogen and oxygen atoms in total. The van der Waals surface area contributed by atoms with Gasteiger partial charge in [0.25, 0.3) is 0 Å². The number of carbonyl (C=O) groups is 3. The van der Waals surface area contributed by atoms with Gasteiger partial charge < -0.3 is 4.74 Å². The molecule has 0 unspecified atom stereocenters. The Kier molecular flexibility index (Phi) is 4.70. The molecule has 1 aromatic rings. The third kappa shape index (κ3) is 2.72. The maximum atomic E-state index is 12.8. The van der Waals surface area contributed by atoms with Crippen LogP contribution < -0.4 is 4.90 Å². The van der Waals surface area contributed by atoms with Crippen LogP contribution >= 0.6 is 23.2 Å². The molecule has 3 fully saturated rings. The van der Waals surface area contributed by atoms with Crippen LogP contribution in [0.25, 0.3) is 0 Å². The van der Waals surface area contributed by atoms with Gasteiger partial charge in [0.2, 0.25) is 11.8 Å². The van der Waals surface area contributed by atoms with Crippen LogP contribution in [0, 0.1) is 23.7 Å². The van der Waals surface area contributed by atoms with Crippen molar-refractivity contribution in [3.63, 3.8) is 0 Å². The summed E-state index contributed by atoms with van der Waals surface area (Å²) in [6, 6.07) is 6.35. The van der Waals surface area contributed by atoms with Crippen molar-refractivity contribution < 1.29 is 19.1 Å².